The van der Waals surface area contributed by atoms with E-state index in [0.29, 0.717) is 22.9 Å². The Hall–Kier alpha value is -2.50. The van der Waals surface area contributed by atoms with Gasteiger partial charge in [-0.3, -0.25) is 9.59 Å². The summed E-state index contributed by atoms with van der Waals surface area (Å²) in [4.78, 5) is 37.1. The molecule has 1 amide bonds. The highest BCUT2D eigenvalue weighted by Crippen LogP contribution is 2.31. The van der Waals surface area contributed by atoms with Gasteiger partial charge in [0.1, 0.15) is 11.5 Å². The number of amides is 1. The van der Waals surface area contributed by atoms with Crippen molar-refractivity contribution in [3.8, 4) is 0 Å². The van der Waals surface area contributed by atoms with Gasteiger partial charge in [-0.2, -0.15) is 0 Å². The van der Waals surface area contributed by atoms with E-state index in [4.69, 9.17) is 4.74 Å². The van der Waals surface area contributed by atoms with Gasteiger partial charge in [0, 0.05) is 26.4 Å². The van der Waals surface area contributed by atoms with Crippen LogP contribution in [0.5, 0.6) is 0 Å². The van der Waals surface area contributed by atoms with Gasteiger partial charge in [-0.25, -0.2) is 17.5 Å². The quantitative estimate of drug-likeness (QED) is 0.563. The molecule has 0 aromatic carbocycles. The maximum Gasteiger partial charge on any atom is 0.341 e. The minimum Gasteiger partial charge on any atom is -0.462 e. The number of nitrogens with zero attached hydrogens (tertiary/aromatic N) is 2. The van der Waals surface area contributed by atoms with E-state index in [1.807, 2.05) is 13.8 Å². The van der Waals surface area contributed by atoms with Crippen molar-refractivity contribution >= 4 is 38.2 Å². The second-order valence-corrected chi connectivity index (χ2v) is 10.5. The summed E-state index contributed by atoms with van der Waals surface area (Å²) >= 11 is 1.20. The van der Waals surface area contributed by atoms with E-state index in [1.54, 1.807) is 12.3 Å². The molecule has 0 atom stereocenters. The van der Waals surface area contributed by atoms with Crippen LogP contribution in [0.25, 0.3) is 0 Å². The van der Waals surface area contributed by atoms with Crippen molar-refractivity contribution in [1.82, 2.24) is 8.87 Å². The van der Waals surface area contributed by atoms with Crippen molar-refractivity contribution in [1.29, 1.82) is 0 Å². The summed E-state index contributed by atoms with van der Waals surface area (Å²) in [5.41, 5.74) is 0.570. The molecule has 0 bridgehead atoms. The lowest BCUT2D eigenvalue weighted by Crippen LogP contribution is -2.29. The van der Waals surface area contributed by atoms with Gasteiger partial charge in [-0.15, -0.1) is 11.3 Å². The molecule has 0 radical (unpaired) electrons. The molecule has 0 unspecified atom stereocenters. The van der Waals surface area contributed by atoms with Crippen LogP contribution in [0.1, 0.15) is 36.7 Å². The lowest BCUT2D eigenvalue weighted by molar-refractivity contribution is -0.116. The number of carbonyl (C=O) groups excluding carboxylic acids is 2. The highest BCUT2D eigenvalue weighted by Gasteiger charge is 2.23. The molecular formula is C20H27N3O6S2. The number of pyridine rings is 1. The summed E-state index contributed by atoms with van der Waals surface area (Å²) in [6.45, 7) is 5.53. The Morgan fingerprint density at radius 2 is 1.94 bits per heavy atom. The van der Waals surface area contributed by atoms with Crippen molar-refractivity contribution in [2.75, 3.05) is 26.0 Å². The fraction of sp³-hybridized carbons (Fsp3) is 0.450. The minimum absolute atomic E-state index is 0.104. The Morgan fingerprint density at radius 3 is 2.52 bits per heavy atom. The van der Waals surface area contributed by atoms with E-state index < -0.39 is 34.0 Å². The molecule has 11 heteroatoms. The van der Waals surface area contributed by atoms with Gasteiger partial charge in [0.05, 0.1) is 17.1 Å². The summed E-state index contributed by atoms with van der Waals surface area (Å²) in [5, 5.41) is 4.80. The van der Waals surface area contributed by atoms with Gasteiger partial charge < -0.3 is 14.6 Å². The van der Waals surface area contributed by atoms with Crippen LogP contribution in [-0.2, 0) is 32.5 Å². The molecule has 170 valence electrons. The number of anilines is 1. The lowest BCUT2D eigenvalue weighted by atomic mass is 10.0. The van der Waals surface area contributed by atoms with Crippen LogP contribution in [0.15, 0.2) is 33.4 Å². The van der Waals surface area contributed by atoms with Crippen LogP contribution in [-0.4, -0.2) is 49.9 Å². The summed E-state index contributed by atoms with van der Waals surface area (Å²) in [5.74, 6) is -0.790. The average molecular weight is 470 g/mol. The number of carbonyl (C=O) groups is 2. The van der Waals surface area contributed by atoms with Gasteiger partial charge in [0.2, 0.25) is 15.9 Å². The van der Waals surface area contributed by atoms with E-state index >= 15 is 0 Å². The fourth-order valence-corrected chi connectivity index (χ4v) is 4.72. The van der Waals surface area contributed by atoms with E-state index in [1.165, 1.54) is 31.5 Å². The molecular weight excluding hydrogens is 442 g/mol. The standard InChI is InChI=1S/C20H27N3O6S2/c1-6-29-20(26)18-14(9-13(2)3)12-30-19(18)21-16(24)11-23-10-15(7-8-17(23)25)31(27,28)22(4)5/h7-8,10,12-13H,6,9,11H2,1-5H3,(H,21,24). The number of thiophene rings is 1. The number of rotatable bonds is 9. The first-order chi connectivity index (χ1) is 14.5. The van der Waals surface area contributed by atoms with Crippen molar-refractivity contribution in [2.45, 2.75) is 38.6 Å². The number of ether oxygens (including phenoxy) is 1. The van der Waals surface area contributed by atoms with Gasteiger partial charge in [-0.05, 0) is 36.3 Å². The number of hydrogen-bond donors (Lipinski definition) is 1. The number of esters is 1. The zero-order valence-corrected chi connectivity index (χ0v) is 19.8. The minimum atomic E-state index is -3.76. The SMILES string of the molecule is CCOC(=O)c1c(CC(C)C)csc1NC(=O)Cn1cc(S(=O)(=O)N(C)C)ccc1=O. The predicted octanol–water partition coefficient (Wildman–Crippen LogP) is 2.17. The number of nitrogens with one attached hydrogen (secondary N) is 1. The third kappa shape index (κ3) is 6.02. The predicted molar refractivity (Wildman–Crippen MR) is 119 cm³/mol. The number of hydrogen-bond acceptors (Lipinski definition) is 7. The van der Waals surface area contributed by atoms with E-state index in [9.17, 15) is 22.8 Å². The Balaban J connectivity index is 2.30. The molecule has 0 aliphatic carbocycles. The van der Waals surface area contributed by atoms with Crippen LogP contribution in [0.2, 0.25) is 0 Å². The van der Waals surface area contributed by atoms with Crippen molar-refractivity contribution in [2.24, 2.45) is 5.92 Å². The Kier molecular flexibility index (Phi) is 8.15. The highest BCUT2D eigenvalue weighted by atomic mass is 32.2. The molecule has 0 spiro atoms. The summed E-state index contributed by atoms with van der Waals surface area (Å²) in [6.07, 6.45) is 1.77. The van der Waals surface area contributed by atoms with Crippen LogP contribution < -0.4 is 10.9 Å². The van der Waals surface area contributed by atoms with Crippen molar-refractivity contribution in [3.63, 3.8) is 0 Å². The number of aromatic nitrogens is 1. The van der Waals surface area contributed by atoms with Gasteiger partial charge >= 0.3 is 5.97 Å². The first-order valence-electron chi connectivity index (χ1n) is 9.67. The zero-order valence-electron chi connectivity index (χ0n) is 18.2. The first kappa shape index (κ1) is 24.8. The highest BCUT2D eigenvalue weighted by molar-refractivity contribution is 7.89. The van der Waals surface area contributed by atoms with Crippen molar-refractivity contribution in [3.05, 3.63) is 45.2 Å². The molecule has 0 aliphatic heterocycles. The molecule has 2 heterocycles. The van der Waals surface area contributed by atoms with Crippen molar-refractivity contribution < 1.29 is 22.7 Å². The Bertz CT molecular complexity index is 1120. The van der Waals surface area contributed by atoms with E-state index in [2.05, 4.69) is 5.32 Å². The number of sulfonamides is 1. The molecule has 2 rings (SSSR count). The van der Waals surface area contributed by atoms with Crippen LogP contribution in [0.4, 0.5) is 5.00 Å². The smallest absolute Gasteiger partial charge is 0.341 e. The zero-order chi connectivity index (χ0) is 23.3. The monoisotopic (exact) mass is 469 g/mol. The Morgan fingerprint density at radius 1 is 1.26 bits per heavy atom. The first-order valence-corrected chi connectivity index (χ1v) is 12.0. The molecule has 2 aromatic rings. The lowest BCUT2D eigenvalue weighted by Gasteiger charge is -2.13. The second-order valence-electron chi connectivity index (χ2n) is 7.45. The van der Waals surface area contributed by atoms with Gasteiger partial charge in [-0.1, -0.05) is 13.8 Å². The third-order valence-electron chi connectivity index (χ3n) is 4.28. The maximum atomic E-state index is 12.6. The van der Waals surface area contributed by atoms with Gasteiger partial charge in [0.25, 0.3) is 5.56 Å². The largest absolute Gasteiger partial charge is 0.462 e. The summed E-state index contributed by atoms with van der Waals surface area (Å²) in [7, 11) is -1.01. The van der Waals surface area contributed by atoms with E-state index in [-0.39, 0.29) is 11.5 Å². The molecule has 0 aliphatic rings. The van der Waals surface area contributed by atoms with E-state index in [0.717, 1.165) is 26.7 Å². The second kappa shape index (κ2) is 10.2. The summed E-state index contributed by atoms with van der Waals surface area (Å²) < 4.78 is 31.8. The molecule has 31 heavy (non-hydrogen) atoms. The molecule has 9 nitrogen and oxygen atoms in total. The topological polar surface area (TPSA) is 115 Å². The normalized spacial score (nSPS) is 11.7. The maximum absolute atomic E-state index is 12.6. The molecule has 0 fully saturated rings. The fourth-order valence-electron chi connectivity index (χ4n) is 2.82. The average Bonchev–Trinajstić information content (AvgIpc) is 3.04. The molecule has 0 saturated carbocycles. The molecule has 1 N–H and O–H groups in total. The third-order valence-corrected chi connectivity index (χ3v) is 7.02. The molecule has 0 saturated heterocycles. The Labute approximate surface area is 185 Å². The van der Waals surface area contributed by atoms with Crippen LogP contribution in [0, 0.1) is 5.92 Å². The van der Waals surface area contributed by atoms with Crippen LogP contribution >= 0.6 is 11.3 Å². The summed E-state index contributed by atoms with van der Waals surface area (Å²) in [6, 6.07) is 2.29. The van der Waals surface area contributed by atoms with Gasteiger partial charge in [0.15, 0.2) is 0 Å². The molecule has 2 aromatic heterocycles. The van der Waals surface area contributed by atoms with Crippen LogP contribution in [0.3, 0.4) is 0 Å².